The van der Waals surface area contributed by atoms with E-state index in [-0.39, 0.29) is 11.3 Å². The molecule has 7 nitrogen and oxygen atoms in total. The van der Waals surface area contributed by atoms with Crippen molar-refractivity contribution in [2.24, 2.45) is 11.3 Å². The summed E-state index contributed by atoms with van der Waals surface area (Å²) >= 11 is 1.72. The van der Waals surface area contributed by atoms with Gasteiger partial charge in [-0.05, 0) is 43.9 Å². The lowest BCUT2D eigenvalue weighted by Gasteiger charge is -2.39. The molecule has 2 amide bonds. The van der Waals surface area contributed by atoms with Crippen LogP contribution in [0, 0.1) is 11.3 Å². The van der Waals surface area contributed by atoms with Gasteiger partial charge in [-0.1, -0.05) is 6.92 Å². The van der Waals surface area contributed by atoms with Crippen LogP contribution in [0.25, 0.3) is 0 Å². The van der Waals surface area contributed by atoms with E-state index in [1.54, 1.807) is 16.8 Å². The van der Waals surface area contributed by atoms with Gasteiger partial charge in [-0.25, -0.2) is 10.5 Å². The van der Waals surface area contributed by atoms with Crippen LogP contribution in [-0.2, 0) is 16.0 Å². The monoisotopic (exact) mass is 392 g/mol. The molecule has 0 unspecified atom stereocenters. The standard InChI is InChI=1S/C19H28N4O3S/c1-2-13-10-27-17(21-13)12-3-7-23(8-4-12)18(25)15-14(16(24)22-26)9-19(5-6-19)11-20-15/h10,12,14-15,20,26H,2-9,11H2,1H3,(H,22,24)/t14-,15-/m0/s1. The van der Waals surface area contributed by atoms with Crippen LogP contribution in [0.1, 0.15) is 55.6 Å². The van der Waals surface area contributed by atoms with E-state index in [4.69, 9.17) is 10.2 Å². The first kappa shape index (κ1) is 18.8. The molecule has 3 fully saturated rings. The lowest BCUT2D eigenvalue weighted by Crippen LogP contribution is -2.59. The minimum atomic E-state index is -0.536. The lowest BCUT2D eigenvalue weighted by molar-refractivity contribution is -0.145. The van der Waals surface area contributed by atoms with E-state index in [1.165, 1.54) is 5.01 Å². The predicted octanol–water partition coefficient (Wildman–Crippen LogP) is 1.68. The molecule has 0 aromatic carbocycles. The van der Waals surface area contributed by atoms with Crippen LogP contribution >= 0.6 is 11.3 Å². The summed E-state index contributed by atoms with van der Waals surface area (Å²) in [6, 6.07) is -0.536. The zero-order valence-electron chi connectivity index (χ0n) is 15.7. The Balaban J connectivity index is 1.38. The van der Waals surface area contributed by atoms with Crippen molar-refractivity contribution in [3.63, 3.8) is 0 Å². The highest BCUT2D eigenvalue weighted by Gasteiger charge is 2.52. The van der Waals surface area contributed by atoms with Crippen LogP contribution in [0.2, 0.25) is 0 Å². The molecule has 148 valence electrons. The van der Waals surface area contributed by atoms with E-state index in [0.717, 1.165) is 44.3 Å². The van der Waals surface area contributed by atoms with E-state index < -0.39 is 17.9 Å². The summed E-state index contributed by atoms with van der Waals surface area (Å²) in [7, 11) is 0. The second-order valence-electron chi connectivity index (χ2n) is 8.28. The lowest BCUT2D eigenvalue weighted by atomic mass is 9.81. The third-order valence-corrected chi connectivity index (χ3v) is 7.57. The fourth-order valence-corrected chi connectivity index (χ4v) is 5.56. The molecule has 2 atom stereocenters. The van der Waals surface area contributed by atoms with Crippen molar-refractivity contribution in [3.8, 4) is 0 Å². The number of hydrogen-bond donors (Lipinski definition) is 3. The van der Waals surface area contributed by atoms with Gasteiger partial charge >= 0.3 is 0 Å². The van der Waals surface area contributed by atoms with Crippen LogP contribution in [0.15, 0.2) is 5.38 Å². The van der Waals surface area contributed by atoms with Gasteiger partial charge in [-0.2, -0.15) is 0 Å². The quantitative estimate of drug-likeness (QED) is 0.535. The smallest absolute Gasteiger partial charge is 0.248 e. The van der Waals surface area contributed by atoms with E-state index in [9.17, 15) is 9.59 Å². The van der Waals surface area contributed by atoms with Crippen LogP contribution < -0.4 is 10.8 Å². The molecule has 3 heterocycles. The molecule has 2 aliphatic heterocycles. The zero-order valence-corrected chi connectivity index (χ0v) is 16.6. The highest BCUT2D eigenvalue weighted by Crippen LogP contribution is 2.52. The Morgan fingerprint density at radius 2 is 2.15 bits per heavy atom. The van der Waals surface area contributed by atoms with Crippen molar-refractivity contribution in [2.45, 2.75) is 57.4 Å². The molecule has 27 heavy (non-hydrogen) atoms. The molecule has 1 spiro atoms. The summed E-state index contributed by atoms with van der Waals surface area (Å²) in [6.07, 6.45) is 5.64. The summed E-state index contributed by atoms with van der Waals surface area (Å²) < 4.78 is 0. The first-order chi connectivity index (χ1) is 13.0. The molecule has 8 heteroatoms. The van der Waals surface area contributed by atoms with Crippen LogP contribution in [0.5, 0.6) is 0 Å². The van der Waals surface area contributed by atoms with Crippen molar-refractivity contribution in [3.05, 3.63) is 16.1 Å². The average Bonchev–Trinajstić information content (AvgIpc) is 3.28. The van der Waals surface area contributed by atoms with Crippen molar-refractivity contribution < 1.29 is 14.8 Å². The molecule has 0 radical (unpaired) electrons. The topological polar surface area (TPSA) is 94.6 Å². The second kappa shape index (κ2) is 7.48. The van der Waals surface area contributed by atoms with Gasteiger partial charge in [-0.15, -0.1) is 11.3 Å². The Morgan fingerprint density at radius 1 is 1.41 bits per heavy atom. The second-order valence-corrected chi connectivity index (χ2v) is 9.17. The predicted molar refractivity (Wildman–Crippen MR) is 102 cm³/mol. The number of thiazole rings is 1. The molecule has 1 aliphatic carbocycles. The maximum absolute atomic E-state index is 13.1. The molecule has 1 aromatic rings. The molecule has 1 saturated carbocycles. The molecule has 0 bridgehead atoms. The van der Waals surface area contributed by atoms with Crippen LogP contribution in [0.4, 0.5) is 0 Å². The van der Waals surface area contributed by atoms with Gasteiger partial charge in [0.1, 0.15) is 0 Å². The Morgan fingerprint density at radius 3 is 2.74 bits per heavy atom. The number of nitrogens with zero attached hydrogens (tertiary/aromatic N) is 2. The summed E-state index contributed by atoms with van der Waals surface area (Å²) in [5.74, 6) is -0.532. The summed E-state index contributed by atoms with van der Waals surface area (Å²) in [5, 5.41) is 15.7. The molecule has 3 aliphatic rings. The first-order valence-corrected chi connectivity index (χ1v) is 10.8. The summed E-state index contributed by atoms with van der Waals surface area (Å²) in [6.45, 7) is 4.29. The molecular weight excluding hydrogens is 364 g/mol. The van der Waals surface area contributed by atoms with Gasteiger partial charge in [0, 0.05) is 30.9 Å². The number of nitrogens with one attached hydrogen (secondary N) is 2. The Labute approximate surface area is 163 Å². The van der Waals surface area contributed by atoms with Crippen molar-refractivity contribution in [1.82, 2.24) is 20.7 Å². The minimum absolute atomic E-state index is 0.00839. The highest BCUT2D eigenvalue weighted by molar-refractivity contribution is 7.09. The third kappa shape index (κ3) is 3.75. The molecule has 4 rings (SSSR count). The Kier molecular flexibility index (Phi) is 5.22. The van der Waals surface area contributed by atoms with Gasteiger partial charge in [0.05, 0.1) is 22.7 Å². The fourth-order valence-electron chi connectivity index (χ4n) is 4.49. The first-order valence-electron chi connectivity index (χ1n) is 9.95. The molecular formula is C19H28N4O3S. The van der Waals surface area contributed by atoms with Gasteiger partial charge in [-0.3, -0.25) is 14.8 Å². The molecule has 1 aromatic heterocycles. The average molecular weight is 393 g/mol. The SMILES string of the molecule is CCc1csc(C2CCN(C(=O)[C@H]3NCC4(CC4)C[C@@H]3C(=O)NO)CC2)n1. The number of hydroxylamine groups is 1. The van der Waals surface area contributed by atoms with Gasteiger partial charge < -0.3 is 10.2 Å². The normalized spacial score (nSPS) is 27.6. The van der Waals surface area contributed by atoms with Crippen molar-refractivity contribution in [2.75, 3.05) is 19.6 Å². The number of hydrogen-bond acceptors (Lipinski definition) is 6. The van der Waals surface area contributed by atoms with Gasteiger partial charge in [0.25, 0.3) is 0 Å². The number of rotatable bonds is 4. The molecule has 3 N–H and O–H groups in total. The van der Waals surface area contributed by atoms with Gasteiger partial charge in [0.2, 0.25) is 11.8 Å². The number of amides is 2. The van der Waals surface area contributed by atoms with Crippen molar-refractivity contribution >= 4 is 23.2 Å². The minimum Gasteiger partial charge on any atom is -0.341 e. The summed E-state index contributed by atoms with van der Waals surface area (Å²) in [4.78, 5) is 31.9. The number of likely N-dealkylation sites (tertiary alicyclic amines) is 1. The molecule has 2 saturated heterocycles. The number of carbonyl (C=O) groups is 2. The van der Waals surface area contributed by atoms with Crippen molar-refractivity contribution in [1.29, 1.82) is 0 Å². The number of aromatic nitrogens is 1. The van der Waals surface area contributed by atoms with E-state index in [0.29, 0.717) is 25.4 Å². The Bertz CT molecular complexity index is 710. The third-order valence-electron chi connectivity index (χ3n) is 6.51. The van der Waals surface area contributed by atoms with E-state index >= 15 is 0 Å². The number of aryl methyl sites for hydroxylation is 1. The van der Waals surface area contributed by atoms with E-state index in [1.807, 2.05) is 4.90 Å². The zero-order chi connectivity index (χ0) is 19.0. The fraction of sp³-hybridized carbons (Fsp3) is 0.737. The number of carbonyl (C=O) groups excluding carboxylic acids is 2. The maximum atomic E-state index is 13.1. The van der Waals surface area contributed by atoms with Crippen LogP contribution in [0.3, 0.4) is 0 Å². The van der Waals surface area contributed by atoms with Crippen LogP contribution in [-0.4, -0.2) is 52.6 Å². The van der Waals surface area contributed by atoms with Gasteiger partial charge in [0.15, 0.2) is 0 Å². The summed E-state index contributed by atoms with van der Waals surface area (Å²) in [5.41, 5.74) is 3.07. The largest absolute Gasteiger partial charge is 0.341 e. The maximum Gasteiger partial charge on any atom is 0.248 e. The van der Waals surface area contributed by atoms with E-state index in [2.05, 4.69) is 17.6 Å². The number of piperidine rings is 2. The Hall–Kier alpha value is -1.51. The highest BCUT2D eigenvalue weighted by atomic mass is 32.1.